The maximum Gasteiger partial charge on any atom is 0.321 e. The number of nitrogens with zero attached hydrogens (tertiary/aromatic N) is 1. The molecule has 0 bridgehead atoms. The maximum atomic E-state index is 12.9. The van der Waals surface area contributed by atoms with Gasteiger partial charge in [-0.1, -0.05) is 25.0 Å². The molecule has 2 aromatic rings. The number of carbonyl (C=O) groups is 2. The number of hydrogen-bond donors (Lipinski definition) is 2. The van der Waals surface area contributed by atoms with Gasteiger partial charge >= 0.3 is 6.03 Å². The zero-order valence-electron chi connectivity index (χ0n) is 14.6. The molecule has 1 saturated carbocycles. The molecule has 1 aromatic carbocycles. The van der Waals surface area contributed by atoms with E-state index in [9.17, 15) is 9.59 Å². The third kappa shape index (κ3) is 3.46. The minimum atomic E-state index is -0.107. The van der Waals surface area contributed by atoms with Crippen molar-refractivity contribution < 1.29 is 9.59 Å². The molecular formula is C20H23N3O2S. The van der Waals surface area contributed by atoms with Crippen molar-refractivity contribution in [1.29, 1.82) is 0 Å². The van der Waals surface area contributed by atoms with Crippen molar-refractivity contribution in [1.82, 2.24) is 10.6 Å². The Labute approximate surface area is 157 Å². The molecule has 0 unspecified atom stereocenters. The maximum absolute atomic E-state index is 12.9. The number of hydrogen-bond acceptors (Lipinski definition) is 3. The Morgan fingerprint density at radius 2 is 2.08 bits per heavy atom. The molecule has 2 fully saturated rings. The Morgan fingerprint density at radius 1 is 1.23 bits per heavy atom. The molecule has 5 nitrogen and oxygen atoms in total. The molecule has 0 radical (unpaired) electrons. The van der Waals surface area contributed by atoms with Gasteiger partial charge in [-0.2, -0.15) is 0 Å². The number of urea groups is 1. The van der Waals surface area contributed by atoms with Gasteiger partial charge < -0.3 is 10.6 Å². The van der Waals surface area contributed by atoms with Gasteiger partial charge in [-0.05, 0) is 48.4 Å². The number of rotatable bonds is 5. The quantitative estimate of drug-likeness (QED) is 0.839. The van der Waals surface area contributed by atoms with E-state index in [-0.39, 0.29) is 18.0 Å². The Bertz CT molecular complexity index is 784. The van der Waals surface area contributed by atoms with E-state index in [0.29, 0.717) is 24.6 Å². The highest BCUT2D eigenvalue weighted by molar-refractivity contribution is 7.10. The van der Waals surface area contributed by atoms with Crippen LogP contribution in [0.15, 0.2) is 41.8 Å². The number of benzene rings is 1. The van der Waals surface area contributed by atoms with E-state index in [0.717, 1.165) is 18.5 Å². The largest absolute Gasteiger partial charge is 0.344 e. The molecule has 2 heterocycles. The summed E-state index contributed by atoms with van der Waals surface area (Å²) in [6, 6.07) is 11.4. The van der Waals surface area contributed by atoms with E-state index in [1.54, 1.807) is 22.3 Å². The molecular weight excluding hydrogens is 346 g/mol. The summed E-state index contributed by atoms with van der Waals surface area (Å²) in [7, 11) is 0. The molecule has 1 atom stereocenters. The number of anilines is 1. The van der Waals surface area contributed by atoms with Gasteiger partial charge in [0.05, 0.1) is 6.04 Å². The minimum absolute atomic E-state index is 0.0724. The Kier molecular flexibility index (Phi) is 4.93. The van der Waals surface area contributed by atoms with Crippen LogP contribution in [-0.2, 0) is 0 Å². The van der Waals surface area contributed by atoms with Crippen LogP contribution >= 0.6 is 11.3 Å². The van der Waals surface area contributed by atoms with Gasteiger partial charge in [0.15, 0.2) is 0 Å². The predicted molar refractivity (Wildman–Crippen MR) is 104 cm³/mol. The molecule has 1 aromatic heterocycles. The zero-order valence-corrected chi connectivity index (χ0v) is 15.4. The normalized spacial score (nSPS) is 18.8. The molecule has 26 heavy (non-hydrogen) atoms. The van der Waals surface area contributed by atoms with Crippen molar-refractivity contribution in [3.8, 4) is 0 Å². The smallest absolute Gasteiger partial charge is 0.321 e. The third-order valence-electron chi connectivity index (χ3n) is 5.28. The summed E-state index contributed by atoms with van der Waals surface area (Å²) >= 11 is 1.70. The van der Waals surface area contributed by atoms with Gasteiger partial charge in [0, 0.05) is 29.2 Å². The van der Waals surface area contributed by atoms with Crippen molar-refractivity contribution in [2.24, 2.45) is 5.92 Å². The summed E-state index contributed by atoms with van der Waals surface area (Å²) in [5, 5.41) is 8.12. The molecule has 3 amide bonds. The van der Waals surface area contributed by atoms with Crippen molar-refractivity contribution in [2.45, 2.75) is 31.7 Å². The summed E-state index contributed by atoms with van der Waals surface area (Å²) < 4.78 is 0. The number of thiophene rings is 1. The summed E-state index contributed by atoms with van der Waals surface area (Å²) in [6.07, 6.45) is 4.80. The first-order valence-corrected chi connectivity index (χ1v) is 10.1. The SMILES string of the molecule is O=C(N[C@H](c1cccs1)C1CCCC1)c1cccc(N2CCNC2=O)c1. The standard InChI is InChI=1S/C20H23N3O2S/c24-19(15-7-3-8-16(13-15)23-11-10-21-20(23)25)22-18(14-5-1-2-6-14)17-9-4-12-26-17/h3-4,7-9,12-14,18H,1-2,5-6,10-11H2,(H,21,25)(H,22,24)/t18-/m0/s1. The Balaban J connectivity index is 1.53. The zero-order chi connectivity index (χ0) is 17.9. The van der Waals surface area contributed by atoms with Gasteiger partial charge in [-0.3, -0.25) is 9.69 Å². The Morgan fingerprint density at radius 3 is 2.77 bits per heavy atom. The summed E-state index contributed by atoms with van der Waals surface area (Å²) in [6.45, 7) is 1.27. The summed E-state index contributed by atoms with van der Waals surface area (Å²) in [4.78, 5) is 27.7. The third-order valence-corrected chi connectivity index (χ3v) is 6.24. The first-order valence-electron chi connectivity index (χ1n) is 9.22. The van der Waals surface area contributed by atoms with Gasteiger partial charge in [-0.25, -0.2) is 4.79 Å². The first-order chi connectivity index (χ1) is 12.7. The number of carbonyl (C=O) groups excluding carboxylic acids is 2. The second-order valence-corrected chi connectivity index (χ2v) is 7.92. The number of amides is 3. The highest BCUT2D eigenvalue weighted by atomic mass is 32.1. The first kappa shape index (κ1) is 17.1. The van der Waals surface area contributed by atoms with Gasteiger partial charge in [0.25, 0.3) is 5.91 Å². The van der Waals surface area contributed by atoms with E-state index in [1.165, 1.54) is 17.7 Å². The lowest BCUT2D eigenvalue weighted by molar-refractivity contribution is 0.0923. The molecule has 1 saturated heterocycles. The molecule has 1 aliphatic heterocycles. The van der Waals surface area contributed by atoms with E-state index >= 15 is 0 Å². The molecule has 2 aliphatic rings. The lowest BCUT2D eigenvalue weighted by Gasteiger charge is -2.24. The number of nitrogens with one attached hydrogen (secondary N) is 2. The lowest BCUT2D eigenvalue weighted by atomic mass is 9.96. The van der Waals surface area contributed by atoms with E-state index < -0.39 is 0 Å². The van der Waals surface area contributed by atoms with Gasteiger partial charge in [-0.15, -0.1) is 11.3 Å². The van der Waals surface area contributed by atoms with Gasteiger partial charge in [0.2, 0.25) is 0 Å². The fourth-order valence-electron chi connectivity index (χ4n) is 3.94. The lowest BCUT2D eigenvalue weighted by Crippen LogP contribution is -2.32. The van der Waals surface area contributed by atoms with Crippen LogP contribution in [0.4, 0.5) is 10.5 Å². The van der Waals surface area contributed by atoms with Crippen molar-refractivity contribution in [2.75, 3.05) is 18.0 Å². The van der Waals surface area contributed by atoms with Crippen LogP contribution in [0.25, 0.3) is 0 Å². The topological polar surface area (TPSA) is 61.4 Å². The molecule has 4 rings (SSSR count). The second-order valence-electron chi connectivity index (χ2n) is 6.94. The monoisotopic (exact) mass is 369 g/mol. The van der Waals surface area contributed by atoms with Crippen LogP contribution in [0, 0.1) is 5.92 Å². The van der Waals surface area contributed by atoms with Gasteiger partial charge in [0.1, 0.15) is 0 Å². The van der Waals surface area contributed by atoms with Crippen molar-refractivity contribution >= 4 is 29.0 Å². The summed E-state index contributed by atoms with van der Waals surface area (Å²) in [5.41, 5.74) is 1.36. The van der Waals surface area contributed by atoms with Crippen LogP contribution < -0.4 is 15.5 Å². The van der Waals surface area contributed by atoms with Crippen LogP contribution in [0.3, 0.4) is 0 Å². The van der Waals surface area contributed by atoms with E-state index in [2.05, 4.69) is 22.1 Å². The fourth-order valence-corrected chi connectivity index (χ4v) is 4.81. The average Bonchev–Trinajstić information content (AvgIpc) is 3.42. The van der Waals surface area contributed by atoms with Crippen molar-refractivity contribution in [3.05, 3.63) is 52.2 Å². The highest BCUT2D eigenvalue weighted by Gasteiger charge is 2.29. The molecule has 1 aliphatic carbocycles. The Hall–Kier alpha value is -2.34. The van der Waals surface area contributed by atoms with E-state index in [1.807, 2.05) is 24.3 Å². The fraction of sp³-hybridized carbons (Fsp3) is 0.400. The van der Waals surface area contributed by atoms with Crippen LogP contribution in [0.5, 0.6) is 0 Å². The molecule has 136 valence electrons. The average molecular weight is 369 g/mol. The second kappa shape index (κ2) is 7.50. The van der Waals surface area contributed by atoms with Crippen LogP contribution in [0.1, 0.15) is 47.0 Å². The highest BCUT2D eigenvalue weighted by Crippen LogP contribution is 2.37. The summed E-state index contributed by atoms with van der Waals surface area (Å²) in [5.74, 6) is 0.432. The predicted octanol–water partition coefficient (Wildman–Crippen LogP) is 3.94. The van der Waals surface area contributed by atoms with E-state index in [4.69, 9.17) is 0 Å². The van der Waals surface area contributed by atoms with Crippen molar-refractivity contribution in [3.63, 3.8) is 0 Å². The molecule has 0 spiro atoms. The van der Waals surface area contributed by atoms with Crippen LogP contribution in [-0.4, -0.2) is 25.0 Å². The molecule has 2 N–H and O–H groups in total. The van der Waals surface area contributed by atoms with Crippen LogP contribution in [0.2, 0.25) is 0 Å². The minimum Gasteiger partial charge on any atom is -0.344 e. The molecule has 6 heteroatoms.